The average molecular weight is 485 g/mol. The predicted octanol–water partition coefficient (Wildman–Crippen LogP) is 6.58. The van der Waals surface area contributed by atoms with Crippen molar-refractivity contribution in [2.75, 3.05) is 0 Å². The van der Waals surface area contributed by atoms with Crippen molar-refractivity contribution in [1.82, 2.24) is 0 Å². The molecule has 0 atom stereocenters. The molecule has 0 aliphatic rings. The third-order valence-corrected chi connectivity index (χ3v) is 7.90. The molecule has 0 saturated carbocycles. The van der Waals surface area contributed by atoms with Gasteiger partial charge in [0.2, 0.25) is 0 Å². The van der Waals surface area contributed by atoms with E-state index >= 15 is 0 Å². The van der Waals surface area contributed by atoms with Gasteiger partial charge in [-0.1, -0.05) is 102 Å². The molecule has 0 unspecified atom stereocenters. The maximum Gasteiger partial charge on any atom is 0.296 e. The third-order valence-electron chi connectivity index (χ3n) is 5.85. The first kappa shape index (κ1) is 26.8. The van der Waals surface area contributed by atoms with Gasteiger partial charge in [-0.25, -0.2) is 0 Å². The highest BCUT2D eigenvalue weighted by Gasteiger charge is 2.29. The molecule has 2 aromatic rings. The van der Waals surface area contributed by atoms with Gasteiger partial charge in [-0.05, 0) is 29.9 Å². The predicted molar refractivity (Wildman–Crippen MR) is 128 cm³/mol. The number of benzene rings is 2. The van der Waals surface area contributed by atoms with Crippen LogP contribution in [0.4, 0.5) is 0 Å². The van der Waals surface area contributed by atoms with Crippen molar-refractivity contribution in [3.63, 3.8) is 0 Å². The number of unbranched alkanes of at least 4 members (excludes halogenated alkanes) is 11. The Balaban J connectivity index is 1.97. The summed E-state index contributed by atoms with van der Waals surface area (Å²) in [6.45, 7) is 2.22. The molecule has 2 N–H and O–H groups in total. The molecule has 0 bridgehead atoms. The molecule has 0 heterocycles. The highest BCUT2D eigenvalue weighted by Crippen LogP contribution is 2.34. The Morgan fingerprint density at radius 3 is 1.62 bits per heavy atom. The van der Waals surface area contributed by atoms with Crippen LogP contribution in [0.5, 0.6) is 0 Å². The van der Waals surface area contributed by atoms with Crippen LogP contribution in [0.2, 0.25) is 0 Å². The van der Waals surface area contributed by atoms with Crippen LogP contribution in [-0.2, 0) is 26.7 Å². The standard InChI is InChI=1S/C24H36O6S2/c1-2-3-4-5-6-7-8-9-10-11-12-13-17-21-19-20-16-14-15-18-22(20)24(32(28,29)30)23(21)31(25,26)27/h14-16,18-19H,2-13,17H2,1H3,(H,25,26,27)(H,28,29,30). The molecule has 8 heteroatoms. The van der Waals surface area contributed by atoms with Gasteiger partial charge in [-0.15, -0.1) is 0 Å². The lowest BCUT2D eigenvalue weighted by molar-refractivity contribution is 0.466. The average Bonchev–Trinajstić information content (AvgIpc) is 2.72. The van der Waals surface area contributed by atoms with Crippen LogP contribution in [0.25, 0.3) is 10.8 Å². The zero-order chi connectivity index (χ0) is 23.6. The summed E-state index contributed by atoms with van der Waals surface area (Å²) in [5.74, 6) is 0. The summed E-state index contributed by atoms with van der Waals surface area (Å²) in [6.07, 6.45) is 14.2. The summed E-state index contributed by atoms with van der Waals surface area (Å²) < 4.78 is 67.7. The Bertz CT molecular complexity index is 1080. The summed E-state index contributed by atoms with van der Waals surface area (Å²) >= 11 is 0. The van der Waals surface area contributed by atoms with Gasteiger partial charge in [0.15, 0.2) is 0 Å². The minimum Gasteiger partial charge on any atom is -0.282 e. The Labute approximate surface area is 192 Å². The van der Waals surface area contributed by atoms with Crippen molar-refractivity contribution in [3.8, 4) is 0 Å². The molecule has 180 valence electrons. The van der Waals surface area contributed by atoms with Crippen molar-refractivity contribution in [1.29, 1.82) is 0 Å². The molecule has 0 radical (unpaired) electrons. The Hall–Kier alpha value is -1.48. The highest BCUT2D eigenvalue weighted by atomic mass is 32.2. The SMILES string of the molecule is CCCCCCCCCCCCCCc1cc2ccccc2c(S(=O)(=O)O)c1S(=O)(=O)O. The lowest BCUT2D eigenvalue weighted by Crippen LogP contribution is -2.12. The summed E-state index contributed by atoms with van der Waals surface area (Å²) in [5, 5.41) is 0.572. The molecule has 0 amide bonds. The second kappa shape index (κ2) is 12.7. The van der Waals surface area contributed by atoms with Crippen LogP contribution in [0, 0.1) is 0 Å². The quantitative estimate of drug-likeness (QED) is 0.218. The van der Waals surface area contributed by atoms with Crippen LogP contribution in [0.3, 0.4) is 0 Å². The van der Waals surface area contributed by atoms with E-state index in [1.165, 1.54) is 57.4 Å². The number of fused-ring (bicyclic) bond motifs is 1. The first-order valence-electron chi connectivity index (χ1n) is 11.7. The van der Waals surface area contributed by atoms with Crippen molar-refractivity contribution in [3.05, 3.63) is 35.9 Å². The van der Waals surface area contributed by atoms with E-state index in [-0.39, 0.29) is 10.9 Å². The summed E-state index contributed by atoms with van der Waals surface area (Å²) in [4.78, 5) is -1.45. The second-order valence-electron chi connectivity index (χ2n) is 8.50. The largest absolute Gasteiger partial charge is 0.296 e. The fraction of sp³-hybridized carbons (Fsp3) is 0.583. The maximum absolute atomic E-state index is 12.1. The van der Waals surface area contributed by atoms with E-state index in [0.29, 0.717) is 18.2 Å². The fourth-order valence-corrected chi connectivity index (χ4v) is 6.53. The molecule has 0 aliphatic heterocycles. The second-order valence-corrected chi connectivity index (χ2v) is 11.2. The summed E-state index contributed by atoms with van der Waals surface area (Å²) in [7, 11) is -9.70. The Kier molecular flexibility index (Phi) is 10.6. The zero-order valence-corrected chi connectivity index (χ0v) is 20.6. The lowest BCUT2D eigenvalue weighted by Gasteiger charge is -2.14. The van der Waals surface area contributed by atoms with Gasteiger partial charge < -0.3 is 0 Å². The smallest absolute Gasteiger partial charge is 0.282 e. The minimum atomic E-state index is -4.86. The molecular formula is C24H36O6S2. The number of hydrogen-bond donors (Lipinski definition) is 2. The number of hydrogen-bond acceptors (Lipinski definition) is 4. The van der Waals surface area contributed by atoms with E-state index in [2.05, 4.69) is 6.92 Å². The molecular weight excluding hydrogens is 448 g/mol. The van der Waals surface area contributed by atoms with Crippen LogP contribution in [0.1, 0.15) is 89.5 Å². The monoisotopic (exact) mass is 484 g/mol. The van der Waals surface area contributed by atoms with Crippen molar-refractivity contribution >= 4 is 31.0 Å². The molecule has 2 rings (SSSR count). The van der Waals surface area contributed by atoms with Crippen molar-refractivity contribution in [2.24, 2.45) is 0 Å². The zero-order valence-electron chi connectivity index (χ0n) is 18.9. The van der Waals surface area contributed by atoms with E-state index in [1.54, 1.807) is 24.3 Å². The molecule has 0 spiro atoms. The molecule has 0 aliphatic carbocycles. The number of aryl methyl sites for hydroxylation is 1. The minimum absolute atomic E-state index is 0.0704. The van der Waals surface area contributed by atoms with E-state index in [0.717, 1.165) is 19.3 Å². The van der Waals surface area contributed by atoms with Crippen LogP contribution >= 0.6 is 0 Å². The first-order chi connectivity index (χ1) is 15.2. The number of rotatable bonds is 15. The van der Waals surface area contributed by atoms with Gasteiger partial charge in [0, 0.05) is 5.39 Å². The fourth-order valence-electron chi connectivity index (χ4n) is 4.23. The molecule has 32 heavy (non-hydrogen) atoms. The molecule has 0 saturated heterocycles. The van der Waals surface area contributed by atoms with Gasteiger partial charge in [-0.3, -0.25) is 9.11 Å². The first-order valence-corrected chi connectivity index (χ1v) is 14.5. The van der Waals surface area contributed by atoms with Gasteiger partial charge in [0.1, 0.15) is 9.79 Å². The Morgan fingerprint density at radius 1 is 0.656 bits per heavy atom. The van der Waals surface area contributed by atoms with Gasteiger partial charge in [0.25, 0.3) is 20.2 Å². The lowest BCUT2D eigenvalue weighted by atomic mass is 10.0. The van der Waals surface area contributed by atoms with Crippen molar-refractivity contribution in [2.45, 2.75) is 100 Å². The maximum atomic E-state index is 12.1. The van der Waals surface area contributed by atoms with E-state index in [4.69, 9.17) is 0 Å². The molecule has 6 nitrogen and oxygen atoms in total. The molecule has 0 fully saturated rings. The molecule has 0 aromatic heterocycles. The van der Waals surface area contributed by atoms with Crippen LogP contribution in [0.15, 0.2) is 40.1 Å². The Morgan fingerprint density at radius 2 is 1.12 bits per heavy atom. The van der Waals surface area contributed by atoms with E-state index < -0.39 is 30.0 Å². The summed E-state index contributed by atoms with van der Waals surface area (Å²) in [6, 6.07) is 7.92. The highest BCUT2D eigenvalue weighted by molar-refractivity contribution is 7.89. The van der Waals surface area contributed by atoms with E-state index in [9.17, 15) is 25.9 Å². The van der Waals surface area contributed by atoms with Gasteiger partial charge in [-0.2, -0.15) is 16.8 Å². The molecule has 2 aromatic carbocycles. The topological polar surface area (TPSA) is 109 Å². The van der Waals surface area contributed by atoms with E-state index in [1.807, 2.05) is 0 Å². The van der Waals surface area contributed by atoms with Crippen LogP contribution in [-0.4, -0.2) is 25.9 Å². The normalized spacial score (nSPS) is 12.5. The van der Waals surface area contributed by atoms with Crippen LogP contribution < -0.4 is 0 Å². The third kappa shape index (κ3) is 8.14. The van der Waals surface area contributed by atoms with Gasteiger partial charge in [0.05, 0.1) is 0 Å². The van der Waals surface area contributed by atoms with Crippen molar-refractivity contribution < 1.29 is 25.9 Å². The summed E-state index contributed by atoms with van der Waals surface area (Å²) in [5.41, 5.74) is 0.214. The van der Waals surface area contributed by atoms with Gasteiger partial charge >= 0.3 is 0 Å².